The summed E-state index contributed by atoms with van der Waals surface area (Å²) >= 11 is 6.20. The lowest BCUT2D eigenvalue weighted by molar-refractivity contribution is -0.274. The maximum absolute atomic E-state index is 15.0. The fourth-order valence-electron chi connectivity index (χ4n) is 5.02. The molecule has 1 aliphatic rings. The van der Waals surface area contributed by atoms with Crippen LogP contribution in [0.5, 0.6) is 17.2 Å². The zero-order valence-corrected chi connectivity index (χ0v) is 27.7. The van der Waals surface area contributed by atoms with Gasteiger partial charge in [-0.3, -0.25) is 0 Å². The molecule has 1 saturated heterocycles. The molecule has 14 heteroatoms. The van der Waals surface area contributed by atoms with E-state index in [-0.39, 0.29) is 24.5 Å². The number of halogens is 4. The average Bonchev–Trinajstić information content (AvgIpc) is 2.99. The monoisotopic (exact) mass is 683 g/mol. The van der Waals surface area contributed by atoms with Crippen LogP contribution in [-0.4, -0.2) is 54.5 Å². The van der Waals surface area contributed by atoms with E-state index in [9.17, 15) is 18.0 Å². The Morgan fingerprint density at radius 2 is 1.57 bits per heavy atom. The van der Waals surface area contributed by atoms with Crippen molar-refractivity contribution in [1.82, 2.24) is 9.62 Å². The number of methoxy groups -OCH3 is 2. The fourth-order valence-corrected chi connectivity index (χ4v) is 7.16. The molecule has 4 rings (SSSR count). The predicted molar refractivity (Wildman–Crippen MR) is 169 cm³/mol. The van der Waals surface area contributed by atoms with E-state index < -0.39 is 39.3 Å². The number of piperidine rings is 1. The van der Waals surface area contributed by atoms with Gasteiger partial charge in [-0.1, -0.05) is 29.8 Å². The van der Waals surface area contributed by atoms with Gasteiger partial charge in [0.15, 0.2) is 11.5 Å². The summed E-state index contributed by atoms with van der Waals surface area (Å²) in [5, 5.41) is 0.504. The molecule has 46 heavy (non-hydrogen) atoms. The number of ether oxygens (including phenoxy) is 4. The second-order valence-corrected chi connectivity index (χ2v) is 14.1. The van der Waals surface area contributed by atoms with Crippen molar-refractivity contribution >= 4 is 27.6 Å². The zero-order chi connectivity index (χ0) is 33.8. The highest BCUT2D eigenvalue weighted by Crippen LogP contribution is 2.37. The molecule has 0 saturated carbocycles. The highest BCUT2D eigenvalue weighted by atomic mass is 35.5. The van der Waals surface area contributed by atoms with Gasteiger partial charge in [-0.25, -0.2) is 18.1 Å². The summed E-state index contributed by atoms with van der Waals surface area (Å²) in [4.78, 5) is 14.6. The van der Waals surface area contributed by atoms with Crippen molar-refractivity contribution in [2.24, 2.45) is 4.36 Å². The minimum Gasteiger partial charge on any atom is -0.493 e. The minimum absolute atomic E-state index is 0.0340. The second-order valence-electron chi connectivity index (χ2n) is 11.7. The van der Waals surface area contributed by atoms with Crippen LogP contribution in [0.25, 0.3) is 0 Å². The number of rotatable bonds is 9. The standard InChI is InChI=1S/C32H37ClF3N3O6S/c1-30(2,3)45-29(40)39-18-16-31(17-19-39,23-7-9-24(33)10-8-23)38-46(41,26-13-11-25(12-14-26)44-32(34,35)36)37-21-22-6-15-27(42-4)28(20-22)43-5/h6-15,20H,16-19,21H2,1-5H3,(H,37,38,41). The second kappa shape index (κ2) is 14.0. The predicted octanol–water partition coefficient (Wildman–Crippen LogP) is 7.71. The Labute approximate surface area is 272 Å². The number of alkyl halides is 3. The molecular weight excluding hydrogens is 647 g/mol. The maximum Gasteiger partial charge on any atom is 0.573 e. The van der Waals surface area contributed by atoms with Gasteiger partial charge in [0.25, 0.3) is 0 Å². The van der Waals surface area contributed by atoms with Crippen molar-refractivity contribution in [2.75, 3.05) is 27.3 Å². The Bertz CT molecular complexity index is 1630. The molecule has 1 aliphatic heterocycles. The van der Waals surface area contributed by atoms with Crippen LogP contribution in [0.15, 0.2) is 76.0 Å². The number of nitrogens with one attached hydrogen (secondary N) is 1. The fraction of sp³-hybridized carbons (Fsp3) is 0.406. The van der Waals surface area contributed by atoms with Crippen molar-refractivity contribution in [1.29, 1.82) is 0 Å². The SMILES string of the molecule is COc1ccc(CN=S(=O)(NC2(c3ccc(Cl)cc3)CCN(C(=O)OC(C)(C)C)CC2)c2ccc(OC(F)(F)F)cc2)cc1OC. The molecule has 1 amide bonds. The third kappa shape index (κ3) is 8.98. The number of nitrogens with zero attached hydrogens (tertiary/aromatic N) is 2. The zero-order valence-electron chi connectivity index (χ0n) is 26.2. The molecule has 1 N–H and O–H groups in total. The van der Waals surface area contributed by atoms with E-state index in [4.69, 9.17) is 25.8 Å². The van der Waals surface area contributed by atoms with Crippen molar-refractivity contribution in [3.63, 3.8) is 0 Å². The van der Waals surface area contributed by atoms with E-state index in [0.29, 0.717) is 34.9 Å². The minimum atomic E-state index is -4.89. The van der Waals surface area contributed by atoms with Gasteiger partial charge in [-0.05, 0) is 93.3 Å². The smallest absolute Gasteiger partial charge is 0.493 e. The van der Waals surface area contributed by atoms with Gasteiger partial charge >= 0.3 is 12.5 Å². The van der Waals surface area contributed by atoms with E-state index in [1.807, 2.05) is 12.1 Å². The summed E-state index contributed by atoms with van der Waals surface area (Å²) in [6.07, 6.45) is -4.70. The Hall–Kier alpha value is -3.68. The Kier molecular flexibility index (Phi) is 10.7. The van der Waals surface area contributed by atoms with E-state index in [2.05, 4.69) is 13.8 Å². The lowest BCUT2D eigenvalue weighted by Crippen LogP contribution is -2.54. The molecule has 1 unspecified atom stereocenters. The quantitative estimate of drug-likeness (QED) is 0.248. The molecule has 0 aliphatic carbocycles. The lowest BCUT2D eigenvalue weighted by Gasteiger charge is -2.43. The number of carbonyl (C=O) groups excluding carboxylic acids is 1. The first-order valence-corrected chi connectivity index (χ1v) is 16.3. The molecule has 0 bridgehead atoms. The van der Waals surface area contributed by atoms with Gasteiger partial charge in [0, 0.05) is 18.1 Å². The summed E-state index contributed by atoms with van der Waals surface area (Å²) in [6, 6.07) is 17.0. The largest absolute Gasteiger partial charge is 0.573 e. The van der Waals surface area contributed by atoms with Gasteiger partial charge in [-0.15, -0.1) is 13.2 Å². The number of likely N-dealkylation sites (tertiary alicyclic amines) is 1. The Morgan fingerprint density at radius 3 is 2.11 bits per heavy atom. The number of hydrogen-bond acceptors (Lipinski definition) is 7. The van der Waals surface area contributed by atoms with Crippen LogP contribution in [0.2, 0.25) is 5.02 Å². The van der Waals surface area contributed by atoms with Crippen LogP contribution in [0, 0.1) is 0 Å². The van der Waals surface area contributed by atoms with Crippen LogP contribution < -0.4 is 18.9 Å². The van der Waals surface area contributed by atoms with E-state index in [1.54, 1.807) is 56.0 Å². The molecular formula is C32H37ClF3N3O6S. The highest BCUT2D eigenvalue weighted by Gasteiger charge is 2.41. The van der Waals surface area contributed by atoms with Crippen LogP contribution in [0.1, 0.15) is 44.7 Å². The lowest BCUT2D eigenvalue weighted by atomic mass is 9.82. The van der Waals surface area contributed by atoms with Crippen molar-refractivity contribution in [3.8, 4) is 17.2 Å². The molecule has 1 fully saturated rings. The van der Waals surface area contributed by atoms with E-state index in [0.717, 1.165) is 17.7 Å². The van der Waals surface area contributed by atoms with E-state index >= 15 is 4.21 Å². The third-order valence-corrected chi connectivity index (χ3v) is 9.58. The van der Waals surface area contributed by atoms with Gasteiger partial charge in [-0.2, -0.15) is 0 Å². The maximum atomic E-state index is 15.0. The van der Waals surface area contributed by atoms with Gasteiger partial charge in [0.1, 0.15) is 21.3 Å². The first-order valence-electron chi connectivity index (χ1n) is 14.4. The normalized spacial score (nSPS) is 16.2. The first kappa shape index (κ1) is 35.2. The van der Waals surface area contributed by atoms with Crippen LogP contribution in [0.3, 0.4) is 0 Å². The molecule has 0 radical (unpaired) electrons. The van der Waals surface area contributed by atoms with Crippen molar-refractivity contribution in [3.05, 3.63) is 82.9 Å². The number of carbonyl (C=O) groups is 1. The number of benzene rings is 3. The Morgan fingerprint density at radius 1 is 0.957 bits per heavy atom. The summed E-state index contributed by atoms with van der Waals surface area (Å²) < 4.78 is 81.9. The molecule has 250 valence electrons. The summed E-state index contributed by atoms with van der Waals surface area (Å²) in [7, 11) is -0.543. The number of hydrogen-bond donors (Lipinski definition) is 1. The van der Waals surface area contributed by atoms with Gasteiger partial charge in [0.05, 0.1) is 31.2 Å². The molecule has 1 atom stereocenters. The topological polar surface area (TPSA) is 98.7 Å². The van der Waals surface area contributed by atoms with Crippen LogP contribution >= 0.6 is 11.6 Å². The van der Waals surface area contributed by atoms with Crippen molar-refractivity contribution in [2.45, 2.75) is 62.6 Å². The van der Waals surface area contributed by atoms with Gasteiger partial charge < -0.3 is 23.8 Å². The Balaban J connectivity index is 1.77. The number of amides is 1. The van der Waals surface area contributed by atoms with Crippen molar-refractivity contribution < 1.29 is 41.1 Å². The third-order valence-electron chi connectivity index (χ3n) is 7.25. The molecule has 3 aromatic carbocycles. The van der Waals surface area contributed by atoms with Gasteiger partial charge in [0.2, 0.25) is 0 Å². The first-order chi connectivity index (χ1) is 21.5. The summed E-state index contributed by atoms with van der Waals surface area (Å²) in [6.45, 7) is 5.87. The molecule has 3 aromatic rings. The summed E-state index contributed by atoms with van der Waals surface area (Å²) in [5.74, 6) is 0.496. The van der Waals surface area contributed by atoms with Crippen LogP contribution in [-0.2, 0) is 26.7 Å². The van der Waals surface area contributed by atoms with E-state index in [1.165, 1.54) is 26.4 Å². The molecule has 1 heterocycles. The summed E-state index contributed by atoms with van der Waals surface area (Å²) in [5.41, 5.74) is -0.238. The molecule has 9 nitrogen and oxygen atoms in total. The highest BCUT2D eigenvalue weighted by molar-refractivity contribution is 7.91. The average molecular weight is 684 g/mol. The van der Waals surface area contributed by atoms with Crippen LogP contribution in [0.4, 0.5) is 18.0 Å². The molecule has 0 spiro atoms. The molecule has 0 aromatic heterocycles.